The molecule has 7 nitrogen and oxygen atoms in total. The summed E-state index contributed by atoms with van der Waals surface area (Å²) in [7, 11) is 0. The zero-order valence-electron chi connectivity index (χ0n) is 18.3. The Morgan fingerprint density at radius 2 is 1.76 bits per heavy atom. The van der Waals surface area contributed by atoms with Crippen molar-refractivity contribution in [1.82, 2.24) is 19.2 Å². The standard InChI is InChI=1S/C25H21ClN4O3S/c1-16-6-10-18(11-7-16)29-23(32)21-4-2-3-5-22(21)30-24(29)27-28-25(30)34-15-19(31)14-33-20-12-8-17(26)9-13-20/h2-13,19,31H,14-15H2,1H3. The highest BCUT2D eigenvalue weighted by molar-refractivity contribution is 7.99. The number of benzene rings is 3. The summed E-state index contributed by atoms with van der Waals surface area (Å²) in [6.45, 7) is 2.12. The number of thioether (sulfide) groups is 1. The number of hydrogen-bond acceptors (Lipinski definition) is 6. The van der Waals surface area contributed by atoms with Crippen molar-refractivity contribution in [3.8, 4) is 11.4 Å². The molecular weight excluding hydrogens is 472 g/mol. The van der Waals surface area contributed by atoms with Crippen LogP contribution < -0.4 is 10.3 Å². The first-order chi connectivity index (χ1) is 16.5. The minimum absolute atomic E-state index is 0.125. The first kappa shape index (κ1) is 22.5. The first-order valence-electron chi connectivity index (χ1n) is 10.7. The van der Waals surface area contributed by atoms with E-state index in [0.717, 1.165) is 5.56 Å². The average molecular weight is 493 g/mol. The molecular formula is C25H21ClN4O3S. The number of ether oxygens (including phenoxy) is 1. The van der Waals surface area contributed by atoms with E-state index in [4.69, 9.17) is 16.3 Å². The minimum Gasteiger partial charge on any atom is -0.491 e. The first-order valence-corrected chi connectivity index (χ1v) is 12.0. The molecule has 5 aromatic rings. The Kier molecular flexibility index (Phi) is 6.28. The number of para-hydroxylation sites is 1. The SMILES string of the molecule is Cc1ccc(-n2c(=O)c3ccccc3n3c(SCC(O)COc4ccc(Cl)cc4)nnc23)cc1. The van der Waals surface area contributed by atoms with Crippen LogP contribution in [0.4, 0.5) is 0 Å². The smallest absolute Gasteiger partial charge is 0.267 e. The molecule has 3 aromatic carbocycles. The lowest BCUT2D eigenvalue weighted by molar-refractivity contribution is 0.126. The average Bonchev–Trinajstić information content (AvgIpc) is 3.27. The number of aromatic nitrogens is 4. The van der Waals surface area contributed by atoms with Crippen molar-refractivity contribution in [2.75, 3.05) is 12.4 Å². The molecule has 1 unspecified atom stereocenters. The number of hydrogen-bond donors (Lipinski definition) is 1. The van der Waals surface area contributed by atoms with Gasteiger partial charge in [-0.1, -0.05) is 53.2 Å². The predicted molar refractivity (Wildman–Crippen MR) is 135 cm³/mol. The predicted octanol–water partition coefficient (Wildman–Crippen LogP) is 4.53. The Bertz CT molecular complexity index is 1510. The van der Waals surface area contributed by atoms with Gasteiger partial charge < -0.3 is 9.84 Å². The molecule has 1 atom stereocenters. The van der Waals surface area contributed by atoms with Gasteiger partial charge in [-0.2, -0.15) is 0 Å². The lowest BCUT2D eigenvalue weighted by Gasteiger charge is -2.13. The van der Waals surface area contributed by atoms with Crippen LogP contribution in [-0.2, 0) is 0 Å². The van der Waals surface area contributed by atoms with E-state index in [-0.39, 0.29) is 12.2 Å². The van der Waals surface area contributed by atoms with Crippen LogP contribution in [0.3, 0.4) is 0 Å². The van der Waals surface area contributed by atoms with E-state index in [1.54, 1.807) is 34.9 Å². The van der Waals surface area contributed by atoms with Gasteiger partial charge in [0.25, 0.3) is 5.56 Å². The summed E-state index contributed by atoms with van der Waals surface area (Å²) in [5, 5.41) is 20.9. The zero-order chi connectivity index (χ0) is 23.7. The van der Waals surface area contributed by atoms with Crippen LogP contribution in [0.15, 0.2) is 82.7 Å². The van der Waals surface area contributed by atoms with Gasteiger partial charge in [0.05, 0.1) is 22.7 Å². The molecule has 0 aliphatic rings. The fourth-order valence-corrected chi connectivity index (χ4v) is 4.61. The molecule has 1 N–H and O–H groups in total. The molecule has 0 saturated heterocycles. The molecule has 0 aliphatic heterocycles. The number of nitrogens with zero attached hydrogens (tertiary/aromatic N) is 4. The number of halogens is 1. The molecule has 0 spiro atoms. The highest BCUT2D eigenvalue weighted by Gasteiger charge is 2.19. The van der Waals surface area contributed by atoms with Crippen LogP contribution in [0.1, 0.15) is 5.56 Å². The quantitative estimate of drug-likeness (QED) is 0.336. The number of aryl methyl sites for hydroxylation is 1. The summed E-state index contributed by atoms with van der Waals surface area (Å²) in [5.74, 6) is 1.39. The molecule has 0 bridgehead atoms. The number of aliphatic hydroxyl groups excluding tert-OH is 1. The van der Waals surface area contributed by atoms with Crippen molar-refractivity contribution < 1.29 is 9.84 Å². The topological polar surface area (TPSA) is 81.7 Å². The lowest BCUT2D eigenvalue weighted by atomic mass is 10.2. The van der Waals surface area contributed by atoms with E-state index in [2.05, 4.69) is 10.2 Å². The molecule has 2 aromatic heterocycles. The highest BCUT2D eigenvalue weighted by Crippen LogP contribution is 2.24. The van der Waals surface area contributed by atoms with Gasteiger partial charge in [-0.05, 0) is 55.5 Å². The van der Waals surface area contributed by atoms with E-state index < -0.39 is 6.10 Å². The van der Waals surface area contributed by atoms with E-state index in [1.165, 1.54) is 11.8 Å². The molecule has 0 saturated carbocycles. The molecule has 0 amide bonds. The maximum absolute atomic E-state index is 13.4. The van der Waals surface area contributed by atoms with Crippen LogP contribution in [-0.4, -0.2) is 42.7 Å². The normalized spacial score (nSPS) is 12.3. The Morgan fingerprint density at radius 1 is 1.03 bits per heavy atom. The molecule has 9 heteroatoms. The number of aliphatic hydroxyl groups is 1. The third kappa shape index (κ3) is 4.40. The van der Waals surface area contributed by atoms with Gasteiger partial charge in [-0.25, -0.2) is 4.57 Å². The third-order valence-electron chi connectivity index (χ3n) is 5.35. The second-order valence-electron chi connectivity index (χ2n) is 7.84. The minimum atomic E-state index is -0.734. The van der Waals surface area contributed by atoms with Crippen molar-refractivity contribution in [1.29, 1.82) is 0 Å². The largest absolute Gasteiger partial charge is 0.491 e. The summed E-state index contributed by atoms with van der Waals surface area (Å²) >= 11 is 7.24. The summed E-state index contributed by atoms with van der Waals surface area (Å²) in [6, 6.07) is 22.1. The van der Waals surface area contributed by atoms with Gasteiger partial charge in [0.15, 0.2) is 5.16 Å². The fourth-order valence-electron chi connectivity index (χ4n) is 3.64. The van der Waals surface area contributed by atoms with E-state index in [1.807, 2.05) is 53.8 Å². The Hall–Kier alpha value is -3.33. The Balaban J connectivity index is 1.46. The van der Waals surface area contributed by atoms with Crippen molar-refractivity contribution in [3.63, 3.8) is 0 Å². The van der Waals surface area contributed by atoms with Crippen LogP contribution in [0.2, 0.25) is 5.02 Å². The molecule has 5 rings (SSSR count). The number of rotatable bonds is 7. The monoisotopic (exact) mass is 492 g/mol. The van der Waals surface area contributed by atoms with E-state index in [9.17, 15) is 9.90 Å². The van der Waals surface area contributed by atoms with Gasteiger partial charge in [-0.3, -0.25) is 9.20 Å². The molecule has 34 heavy (non-hydrogen) atoms. The van der Waals surface area contributed by atoms with Gasteiger partial charge in [-0.15, -0.1) is 10.2 Å². The summed E-state index contributed by atoms with van der Waals surface area (Å²) in [6.07, 6.45) is -0.734. The molecule has 0 radical (unpaired) electrons. The molecule has 172 valence electrons. The highest BCUT2D eigenvalue weighted by atomic mass is 35.5. The molecule has 2 heterocycles. The second-order valence-corrected chi connectivity index (χ2v) is 9.26. The van der Waals surface area contributed by atoms with Crippen LogP contribution >= 0.6 is 23.4 Å². The molecule has 0 aliphatic carbocycles. The zero-order valence-corrected chi connectivity index (χ0v) is 19.8. The summed E-state index contributed by atoms with van der Waals surface area (Å²) < 4.78 is 9.07. The van der Waals surface area contributed by atoms with Crippen molar-refractivity contribution in [2.45, 2.75) is 18.2 Å². The fraction of sp³-hybridized carbons (Fsp3) is 0.160. The summed E-state index contributed by atoms with van der Waals surface area (Å²) in [5.41, 5.74) is 2.37. The maximum Gasteiger partial charge on any atom is 0.267 e. The lowest BCUT2D eigenvalue weighted by Crippen LogP contribution is -2.22. The van der Waals surface area contributed by atoms with E-state index in [0.29, 0.717) is 44.0 Å². The van der Waals surface area contributed by atoms with Crippen LogP contribution in [0.5, 0.6) is 5.75 Å². The van der Waals surface area contributed by atoms with Gasteiger partial charge in [0.2, 0.25) is 5.78 Å². The number of fused-ring (bicyclic) bond motifs is 3. The van der Waals surface area contributed by atoms with Crippen molar-refractivity contribution >= 4 is 40.0 Å². The maximum atomic E-state index is 13.4. The third-order valence-corrected chi connectivity index (χ3v) is 6.67. The van der Waals surface area contributed by atoms with Crippen LogP contribution in [0.25, 0.3) is 22.4 Å². The van der Waals surface area contributed by atoms with Crippen LogP contribution in [0, 0.1) is 6.92 Å². The Labute approximate surface area is 204 Å². The van der Waals surface area contributed by atoms with Crippen molar-refractivity contribution in [3.05, 3.63) is 93.7 Å². The van der Waals surface area contributed by atoms with Gasteiger partial charge >= 0.3 is 0 Å². The summed E-state index contributed by atoms with van der Waals surface area (Å²) in [4.78, 5) is 13.4. The Morgan fingerprint density at radius 3 is 2.53 bits per heavy atom. The molecule has 0 fully saturated rings. The van der Waals surface area contributed by atoms with E-state index >= 15 is 0 Å². The van der Waals surface area contributed by atoms with Gasteiger partial charge in [0, 0.05) is 10.8 Å². The van der Waals surface area contributed by atoms with Gasteiger partial charge in [0.1, 0.15) is 12.4 Å². The second kappa shape index (κ2) is 9.50. The van der Waals surface area contributed by atoms with Crippen molar-refractivity contribution in [2.24, 2.45) is 0 Å².